The van der Waals surface area contributed by atoms with Gasteiger partial charge in [0.2, 0.25) is 0 Å². The van der Waals surface area contributed by atoms with E-state index in [4.69, 9.17) is 16.3 Å². The average Bonchev–Trinajstić information content (AvgIpc) is 2.68. The minimum Gasteiger partial charge on any atom is -0.489 e. The highest BCUT2D eigenvalue weighted by Crippen LogP contribution is 2.19. The van der Waals surface area contributed by atoms with Gasteiger partial charge in [-0.3, -0.25) is 4.79 Å². The molecule has 0 bridgehead atoms. The van der Waals surface area contributed by atoms with Crippen molar-refractivity contribution >= 4 is 17.5 Å². The molecule has 3 nitrogen and oxygen atoms in total. The molecular formula is C22H20ClNO2. The summed E-state index contributed by atoms with van der Waals surface area (Å²) in [5.41, 5.74) is 2.59. The van der Waals surface area contributed by atoms with Gasteiger partial charge in [-0.15, -0.1) is 0 Å². The Balaban J connectivity index is 1.58. The van der Waals surface area contributed by atoms with E-state index in [-0.39, 0.29) is 11.9 Å². The molecule has 0 unspecified atom stereocenters. The molecule has 132 valence electrons. The van der Waals surface area contributed by atoms with Crippen LogP contribution in [0.2, 0.25) is 5.02 Å². The van der Waals surface area contributed by atoms with Gasteiger partial charge in [0.25, 0.3) is 5.91 Å². The minimum absolute atomic E-state index is 0.0557. The lowest BCUT2D eigenvalue weighted by molar-refractivity contribution is 0.0940. The third kappa shape index (κ3) is 4.64. The molecule has 26 heavy (non-hydrogen) atoms. The topological polar surface area (TPSA) is 38.3 Å². The van der Waals surface area contributed by atoms with Crippen LogP contribution in [0.25, 0.3) is 0 Å². The Bertz CT molecular complexity index is 863. The SMILES string of the molecule is C[C@@H](NC(=O)c1ccc(OCc2ccccc2Cl)cc1)c1ccccc1. The molecule has 0 spiro atoms. The maximum Gasteiger partial charge on any atom is 0.251 e. The molecule has 3 aromatic rings. The van der Waals surface area contributed by atoms with Crippen LogP contribution in [-0.2, 0) is 6.61 Å². The standard InChI is InChI=1S/C22H20ClNO2/c1-16(17-7-3-2-4-8-17)24-22(25)18-11-13-20(14-12-18)26-15-19-9-5-6-10-21(19)23/h2-14,16H,15H2,1H3,(H,24,25)/t16-/m1/s1. The summed E-state index contributed by atoms with van der Waals surface area (Å²) in [6, 6.07) is 24.5. The number of benzene rings is 3. The molecule has 1 N–H and O–H groups in total. The summed E-state index contributed by atoms with van der Waals surface area (Å²) in [5, 5.41) is 3.68. The first-order valence-corrected chi connectivity index (χ1v) is 8.83. The quantitative estimate of drug-likeness (QED) is 0.634. The fourth-order valence-electron chi connectivity index (χ4n) is 2.58. The molecule has 0 radical (unpaired) electrons. The van der Waals surface area contributed by atoms with E-state index < -0.39 is 0 Å². The number of carbonyl (C=O) groups excluding carboxylic acids is 1. The number of hydrogen-bond donors (Lipinski definition) is 1. The van der Waals surface area contributed by atoms with E-state index in [2.05, 4.69) is 5.32 Å². The van der Waals surface area contributed by atoms with E-state index >= 15 is 0 Å². The van der Waals surface area contributed by atoms with Gasteiger partial charge in [0.1, 0.15) is 12.4 Å². The molecule has 0 aliphatic carbocycles. The van der Waals surface area contributed by atoms with E-state index in [0.717, 1.165) is 11.1 Å². The number of halogens is 1. The molecule has 0 aliphatic heterocycles. The van der Waals surface area contributed by atoms with Crippen LogP contribution in [0, 0.1) is 0 Å². The summed E-state index contributed by atoms with van der Waals surface area (Å²) in [7, 11) is 0. The number of amides is 1. The van der Waals surface area contributed by atoms with Gasteiger partial charge in [-0.2, -0.15) is 0 Å². The maximum absolute atomic E-state index is 12.4. The summed E-state index contributed by atoms with van der Waals surface area (Å²) in [5.74, 6) is 0.580. The molecule has 0 aromatic heterocycles. The highest BCUT2D eigenvalue weighted by molar-refractivity contribution is 6.31. The average molecular weight is 366 g/mol. The molecule has 0 fully saturated rings. The number of carbonyl (C=O) groups is 1. The number of hydrogen-bond acceptors (Lipinski definition) is 2. The fraction of sp³-hybridized carbons (Fsp3) is 0.136. The maximum atomic E-state index is 12.4. The van der Waals surface area contributed by atoms with Crippen LogP contribution < -0.4 is 10.1 Å². The zero-order valence-corrected chi connectivity index (χ0v) is 15.2. The first-order valence-electron chi connectivity index (χ1n) is 8.45. The van der Waals surface area contributed by atoms with Gasteiger partial charge in [-0.05, 0) is 42.8 Å². The van der Waals surface area contributed by atoms with Gasteiger partial charge in [-0.25, -0.2) is 0 Å². The zero-order valence-electron chi connectivity index (χ0n) is 14.5. The lowest BCUT2D eigenvalue weighted by atomic mass is 10.1. The molecule has 1 amide bonds. The normalized spacial score (nSPS) is 11.6. The lowest BCUT2D eigenvalue weighted by Crippen LogP contribution is -2.26. The monoisotopic (exact) mass is 365 g/mol. The first kappa shape index (κ1) is 18.0. The Labute approximate surface area is 158 Å². The van der Waals surface area contributed by atoms with Crippen molar-refractivity contribution in [1.82, 2.24) is 5.32 Å². The Morgan fingerprint density at radius 3 is 2.31 bits per heavy atom. The van der Waals surface area contributed by atoms with Crippen molar-refractivity contribution in [1.29, 1.82) is 0 Å². The van der Waals surface area contributed by atoms with E-state index in [0.29, 0.717) is 22.9 Å². The zero-order chi connectivity index (χ0) is 18.4. The van der Waals surface area contributed by atoms with Gasteiger partial charge in [0.15, 0.2) is 0 Å². The third-order valence-electron chi connectivity index (χ3n) is 4.12. The van der Waals surface area contributed by atoms with Crippen molar-refractivity contribution in [2.45, 2.75) is 19.6 Å². The summed E-state index contributed by atoms with van der Waals surface area (Å²) in [4.78, 5) is 12.4. The van der Waals surface area contributed by atoms with Crippen LogP contribution in [0.3, 0.4) is 0 Å². The minimum atomic E-state index is -0.112. The van der Waals surface area contributed by atoms with Crippen LogP contribution in [0.5, 0.6) is 5.75 Å². The molecule has 0 saturated carbocycles. The Hall–Kier alpha value is -2.78. The Morgan fingerprint density at radius 2 is 1.62 bits per heavy atom. The van der Waals surface area contributed by atoms with Gasteiger partial charge in [0.05, 0.1) is 6.04 Å². The van der Waals surface area contributed by atoms with E-state index in [1.807, 2.05) is 61.5 Å². The third-order valence-corrected chi connectivity index (χ3v) is 4.48. The van der Waals surface area contributed by atoms with Gasteiger partial charge in [-0.1, -0.05) is 60.1 Å². The van der Waals surface area contributed by atoms with Crippen molar-refractivity contribution < 1.29 is 9.53 Å². The smallest absolute Gasteiger partial charge is 0.251 e. The lowest BCUT2D eigenvalue weighted by Gasteiger charge is -2.14. The highest BCUT2D eigenvalue weighted by Gasteiger charge is 2.11. The molecular weight excluding hydrogens is 346 g/mol. The molecule has 4 heteroatoms. The van der Waals surface area contributed by atoms with Crippen LogP contribution in [-0.4, -0.2) is 5.91 Å². The van der Waals surface area contributed by atoms with E-state index in [1.54, 1.807) is 24.3 Å². The number of nitrogens with one attached hydrogen (secondary N) is 1. The molecule has 0 saturated heterocycles. The van der Waals surface area contributed by atoms with Crippen molar-refractivity contribution in [3.63, 3.8) is 0 Å². The first-order chi connectivity index (χ1) is 12.6. The van der Waals surface area contributed by atoms with Crippen LogP contribution >= 0.6 is 11.6 Å². The van der Waals surface area contributed by atoms with Crippen molar-refractivity contribution in [3.05, 3.63) is 101 Å². The second kappa shape index (κ2) is 8.54. The summed E-state index contributed by atoms with van der Waals surface area (Å²) in [6.07, 6.45) is 0. The second-order valence-corrected chi connectivity index (χ2v) is 6.42. The molecule has 1 atom stereocenters. The van der Waals surface area contributed by atoms with Gasteiger partial charge in [0, 0.05) is 16.1 Å². The molecule has 0 heterocycles. The Morgan fingerprint density at radius 1 is 0.962 bits per heavy atom. The summed E-state index contributed by atoms with van der Waals surface area (Å²) >= 11 is 6.12. The van der Waals surface area contributed by atoms with Crippen molar-refractivity contribution in [2.24, 2.45) is 0 Å². The largest absolute Gasteiger partial charge is 0.489 e. The number of rotatable bonds is 6. The Kier molecular flexibility index (Phi) is 5.92. The second-order valence-electron chi connectivity index (χ2n) is 6.01. The molecule has 3 aromatic carbocycles. The van der Waals surface area contributed by atoms with Crippen molar-refractivity contribution in [3.8, 4) is 5.75 Å². The number of ether oxygens (including phenoxy) is 1. The molecule has 0 aliphatic rings. The highest BCUT2D eigenvalue weighted by atomic mass is 35.5. The predicted molar refractivity (Wildman–Crippen MR) is 105 cm³/mol. The summed E-state index contributed by atoms with van der Waals surface area (Å²) < 4.78 is 5.74. The van der Waals surface area contributed by atoms with Gasteiger partial charge >= 0.3 is 0 Å². The van der Waals surface area contributed by atoms with Crippen molar-refractivity contribution in [2.75, 3.05) is 0 Å². The van der Waals surface area contributed by atoms with Crippen LogP contribution in [0.4, 0.5) is 0 Å². The van der Waals surface area contributed by atoms with Gasteiger partial charge < -0.3 is 10.1 Å². The fourth-order valence-corrected chi connectivity index (χ4v) is 2.77. The predicted octanol–water partition coefficient (Wildman–Crippen LogP) is 5.41. The van der Waals surface area contributed by atoms with Crippen LogP contribution in [0.1, 0.15) is 34.5 Å². The van der Waals surface area contributed by atoms with E-state index in [1.165, 1.54) is 0 Å². The van der Waals surface area contributed by atoms with Crippen LogP contribution in [0.15, 0.2) is 78.9 Å². The molecule has 3 rings (SSSR count). The summed E-state index contributed by atoms with van der Waals surface area (Å²) in [6.45, 7) is 2.35. The van der Waals surface area contributed by atoms with E-state index in [9.17, 15) is 4.79 Å².